The number of para-hydroxylation sites is 1. The van der Waals surface area contributed by atoms with Crippen LogP contribution in [0.25, 0.3) is 17.1 Å². The maximum Gasteiger partial charge on any atom is 0.316 e. The molecule has 0 saturated carbocycles. The van der Waals surface area contributed by atoms with Gasteiger partial charge in [-0.3, -0.25) is 9.36 Å². The van der Waals surface area contributed by atoms with Gasteiger partial charge in [0.15, 0.2) is 11.0 Å². The molecular weight excluding hydrogens is 350 g/mol. The minimum Gasteiger partial charge on any atom is -0.507 e. The van der Waals surface area contributed by atoms with Crippen LogP contribution < -0.4 is 0 Å². The number of aryl methyl sites for hydroxylation is 1. The van der Waals surface area contributed by atoms with Crippen LogP contribution in [-0.4, -0.2) is 38.2 Å². The zero-order chi connectivity index (χ0) is 18.5. The summed E-state index contributed by atoms with van der Waals surface area (Å²) in [5, 5.41) is 19.2. The van der Waals surface area contributed by atoms with Gasteiger partial charge in [0.05, 0.1) is 17.9 Å². The molecule has 0 aliphatic rings. The summed E-state index contributed by atoms with van der Waals surface area (Å²) in [4.78, 5) is 11.7. The Bertz CT molecular complexity index is 907. The lowest BCUT2D eigenvalue weighted by Gasteiger charge is -2.11. The average molecular weight is 369 g/mol. The zero-order valence-electron chi connectivity index (χ0n) is 14.5. The molecule has 26 heavy (non-hydrogen) atoms. The van der Waals surface area contributed by atoms with Crippen LogP contribution in [0.3, 0.4) is 0 Å². The number of rotatable bonds is 6. The van der Waals surface area contributed by atoms with E-state index in [-0.39, 0.29) is 17.5 Å². The van der Waals surface area contributed by atoms with Gasteiger partial charge in [-0.05, 0) is 38.1 Å². The number of esters is 1. The molecule has 0 atom stereocenters. The van der Waals surface area contributed by atoms with E-state index in [2.05, 4.69) is 10.2 Å². The van der Waals surface area contributed by atoms with E-state index in [0.717, 1.165) is 11.3 Å². The van der Waals surface area contributed by atoms with Crippen molar-refractivity contribution in [2.75, 3.05) is 12.4 Å². The fourth-order valence-electron chi connectivity index (χ4n) is 2.45. The van der Waals surface area contributed by atoms with Crippen LogP contribution in [0.4, 0.5) is 0 Å². The van der Waals surface area contributed by atoms with Gasteiger partial charge >= 0.3 is 5.97 Å². The van der Waals surface area contributed by atoms with E-state index >= 15 is 0 Å². The summed E-state index contributed by atoms with van der Waals surface area (Å²) < 4.78 is 6.81. The first-order valence-corrected chi connectivity index (χ1v) is 9.18. The zero-order valence-corrected chi connectivity index (χ0v) is 15.4. The van der Waals surface area contributed by atoms with Crippen molar-refractivity contribution in [1.82, 2.24) is 14.8 Å². The van der Waals surface area contributed by atoms with Gasteiger partial charge in [0.25, 0.3) is 0 Å². The Hall–Kier alpha value is -2.80. The number of hydrogen-bond acceptors (Lipinski definition) is 6. The smallest absolute Gasteiger partial charge is 0.316 e. The number of aromatic hydroxyl groups is 1. The van der Waals surface area contributed by atoms with E-state index in [0.29, 0.717) is 23.2 Å². The van der Waals surface area contributed by atoms with Crippen LogP contribution in [0.2, 0.25) is 0 Å². The standard InChI is InChI=1S/C19H19N3O3S/c1-3-25-17(24)12-26-19-21-20-18(15-6-4-5-7-16(15)23)22(19)14-10-8-13(2)9-11-14/h4-11,23H,3,12H2,1-2H3. The lowest BCUT2D eigenvalue weighted by Crippen LogP contribution is -2.08. The molecule has 1 N–H and O–H groups in total. The van der Waals surface area contributed by atoms with Crippen LogP contribution in [0.5, 0.6) is 5.75 Å². The first-order valence-electron chi connectivity index (χ1n) is 8.19. The van der Waals surface area contributed by atoms with E-state index in [1.54, 1.807) is 25.1 Å². The third-order valence-corrected chi connectivity index (χ3v) is 4.60. The molecule has 0 saturated heterocycles. The molecule has 7 heteroatoms. The number of carbonyl (C=O) groups excluding carboxylic acids is 1. The van der Waals surface area contributed by atoms with Gasteiger partial charge in [-0.25, -0.2) is 0 Å². The summed E-state index contributed by atoms with van der Waals surface area (Å²) in [6.07, 6.45) is 0. The molecule has 0 radical (unpaired) electrons. The third kappa shape index (κ3) is 3.88. The number of phenolic OH excluding ortho intramolecular Hbond substituents is 1. The Morgan fingerprint density at radius 1 is 1.15 bits per heavy atom. The van der Waals surface area contributed by atoms with Crippen LogP contribution >= 0.6 is 11.8 Å². The number of phenols is 1. The minimum absolute atomic E-state index is 0.121. The largest absolute Gasteiger partial charge is 0.507 e. The van der Waals surface area contributed by atoms with Crippen molar-refractivity contribution >= 4 is 17.7 Å². The summed E-state index contributed by atoms with van der Waals surface area (Å²) in [6, 6.07) is 14.9. The molecule has 3 aromatic rings. The molecule has 0 spiro atoms. The van der Waals surface area contributed by atoms with Crippen molar-refractivity contribution in [3.63, 3.8) is 0 Å². The van der Waals surface area contributed by atoms with Crippen LogP contribution in [0.15, 0.2) is 53.7 Å². The van der Waals surface area contributed by atoms with Gasteiger partial charge in [0, 0.05) is 5.69 Å². The number of hydrogen-bond donors (Lipinski definition) is 1. The highest BCUT2D eigenvalue weighted by atomic mass is 32.2. The molecule has 0 amide bonds. The molecule has 134 valence electrons. The molecule has 3 rings (SSSR count). The van der Waals surface area contributed by atoms with Crippen LogP contribution in [0.1, 0.15) is 12.5 Å². The van der Waals surface area contributed by atoms with Crippen molar-refractivity contribution in [2.24, 2.45) is 0 Å². The Labute approximate surface area is 155 Å². The summed E-state index contributed by atoms with van der Waals surface area (Å²) in [5.41, 5.74) is 2.56. The topological polar surface area (TPSA) is 77.2 Å². The highest BCUT2D eigenvalue weighted by molar-refractivity contribution is 7.99. The Balaban J connectivity index is 2.04. The first kappa shape index (κ1) is 18.0. The van der Waals surface area contributed by atoms with Crippen molar-refractivity contribution in [1.29, 1.82) is 0 Å². The van der Waals surface area contributed by atoms with Gasteiger partial charge in [-0.2, -0.15) is 0 Å². The monoisotopic (exact) mass is 369 g/mol. The van der Waals surface area contributed by atoms with Gasteiger partial charge < -0.3 is 9.84 Å². The number of carbonyl (C=O) groups is 1. The second kappa shape index (κ2) is 8.05. The maximum atomic E-state index is 11.7. The third-order valence-electron chi connectivity index (χ3n) is 3.69. The molecule has 0 aliphatic heterocycles. The number of aromatic nitrogens is 3. The highest BCUT2D eigenvalue weighted by Gasteiger charge is 2.19. The molecule has 0 bridgehead atoms. The normalized spacial score (nSPS) is 10.7. The lowest BCUT2D eigenvalue weighted by atomic mass is 10.1. The molecule has 0 aliphatic carbocycles. The Morgan fingerprint density at radius 3 is 2.58 bits per heavy atom. The Morgan fingerprint density at radius 2 is 1.88 bits per heavy atom. The SMILES string of the molecule is CCOC(=O)CSc1nnc(-c2ccccc2O)n1-c1ccc(C)cc1. The van der Waals surface area contributed by atoms with Crippen LogP contribution in [-0.2, 0) is 9.53 Å². The molecule has 1 heterocycles. The van der Waals surface area contributed by atoms with E-state index in [9.17, 15) is 9.90 Å². The fraction of sp³-hybridized carbons (Fsp3) is 0.211. The number of nitrogens with zero attached hydrogens (tertiary/aromatic N) is 3. The van der Waals surface area contributed by atoms with Crippen molar-refractivity contribution < 1.29 is 14.6 Å². The number of ether oxygens (including phenoxy) is 1. The van der Waals surface area contributed by atoms with Gasteiger partial charge in [0.2, 0.25) is 0 Å². The van der Waals surface area contributed by atoms with Crippen molar-refractivity contribution in [2.45, 2.75) is 19.0 Å². The molecule has 0 unspecified atom stereocenters. The second-order valence-electron chi connectivity index (χ2n) is 5.59. The van der Waals surface area contributed by atoms with E-state index < -0.39 is 0 Å². The summed E-state index contributed by atoms with van der Waals surface area (Å²) in [5.74, 6) is 0.465. The summed E-state index contributed by atoms with van der Waals surface area (Å²) >= 11 is 1.25. The number of benzene rings is 2. The van der Waals surface area contributed by atoms with E-state index in [4.69, 9.17) is 4.74 Å². The van der Waals surface area contributed by atoms with Gasteiger partial charge in [-0.1, -0.05) is 41.6 Å². The predicted molar refractivity (Wildman–Crippen MR) is 101 cm³/mol. The molecular formula is C19H19N3O3S. The van der Waals surface area contributed by atoms with Gasteiger partial charge in [-0.15, -0.1) is 10.2 Å². The number of thioether (sulfide) groups is 1. The summed E-state index contributed by atoms with van der Waals surface area (Å²) in [6.45, 7) is 4.12. The van der Waals surface area contributed by atoms with Crippen LogP contribution in [0, 0.1) is 6.92 Å². The fourth-order valence-corrected chi connectivity index (χ4v) is 3.20. The highest BCUT2D eigenvalue weighted by Crippen LogP contribution is 2.32. The van der Waals surface area contributed by atoms with E-state index in [1.165, 1.54) is 11.8 Å². The maximum absolute atomic E-state index is 11.7. The van der Waals surface area contributed by atoms with Crippen molar-refractivity contribution in [3.8, 4) is 22.8 Å². The molecule has 6 nitrogen and oxygen atoms in total. The first-order chi connectivity index (χ1) is 12.6. The second-order valence-corrected chi connectivity index (χ2v) is 6.53. The lowest BCUT2D eigenvalue weighted by molar-refractivity contribution is -0.139. The predicted octanol–water partition coefficient (Wildman–Crippen LogP) is 3.60. The molecule has 2 aromatic carbocycles. The average Bonchev–Trinajstić information content (AvgIpc) is 3.05. The molecule has 1 aromatic heterocycles. The minimum atomic E-state index is -0.305. The van der Waals surface area contributed by atoms with E-state index in [1.807, 2.05) is 41.8 Å². The molecule has 0 fully saturated rings. The quantitative estimate of drug-likeness (QED) is 0.528. The Kier molecular flexibility index (Phi) is 5.58. The van der Waals surface area contributed by atoms with Crippen molar-refractivity contribution in [3.05, 3.63) is 54.1 Å². The van der Waals surface area contributed by atoms with Gasteiger partial charge in [0.1, 0.15) is 5.75 Å². The summed E-state index contributed by atoms with van der Waals surface area (Å²) in [7, 11) is 0.